The maximum absolute atomic E-state index is 11.8. The molecule has 37 heavy (non-hydrogen) atoms. The molecule has 0 aliphatic carbocycles. The van der Waals surface area contributed by atoms with Crippen molar-refractivity contribution in [2.45, 2.75) is 64.2 Å². The van der Waals surface area contributed by atoms with Crippen molar-refractivity contribution in [1.82, 2.24) is 10.6 Å². The van der Waals surface area contributed by atoms with E-state index in [9.17, 15) is 15.0 Å². The van der Waals surface area contributed by atoms with Crippen LogP contribution in [0.2, 0.25) is 0 Å². The van der Waals surface area contributed by atoms with Crippen LogP contribution in [0.4, 0.5) is 4.79 Å². The summed E-state index contributed by atoms with van der Waals surface area (Å²) < 4.78 is 5.23. The van der Waals surface area contributed by atoms with Crippen molar-refractivity contribution < 1.29 is 19.7 Å². The van der Waals surface area contributed by atoms with Gasteiger partial charge in [0.1, 0.15) is 12.4 Å². The molecule has 0 aromatic heterocycles. The zero-order valence-electron chi connectivity index (χ0n) is 21.7. The summed E-state index contributed by atoms with van der Waals surface area (Å²) in [6, 6.07) is 25.5. The number of unbranched alkanes of at least 4 members (excludes halogenated alkanes) is 1. The largest absolute Gasteiger partial charge is 0.508 e. The zero-order chi connectivity index (χ0) is 26.3. The number of ether oxygens (including phenoxy) is 1. The normalized spacial score (nSPS) is 12.6. The van der Waals surface area contributed by atoms with Crippen molar-refractivity contribution in [3.05, 3.63) is 101 Å². The van der Waals surface area contributed by atoms with Gasteiger partial charge >= 0.3 is 6.09 Å². The van der Waals surface area contributed by atoms with Crippen LogP contribution < -0.4 is 10.6 Å². The lowest BCUT2D eigenvalue weighted by atomic mass is 10.0. The molecule has 2 unspecified atom stereocenters. The Morgan fingerprint density at radius 3 is 2.27 bits per heavy atom. The number of hydrogen-bond acceptors (Lipinski definition) is 5. The Kier molecular flexibility index (Phi) is 12.0. The molecule has 0 spiro atoms. The minimum atomic E-state index is -0.633. The van der Waals surface area contributed by atoms with Crippen LogP contribution in [-0.2, 0) is 24.2 Å². The number of benzene rings is 3. The third-order valence-electron chi connectivity index (χ3n) is 6.41. The molecule has 0 saturated heterocycles. The van der Waals surface area contributed by atoms with E-state index in [0.717, 1.165) is 49.7 Å². The van der Waals surface area contributed by atoms with E-state index in [4.69, 9.17) is 4.74 Å². The number of rotatable bonds is 15. The number of alkyl carbamates (subject to hydrolysis) is 1. The molecule has 0 heterocycles. The quantitative estimate of drug-likeness (QED) is 0.200. The Balaban J connectivity index is 1.22. The van der Waals surface area contributed by atoms with Crippen LogP contribution in [-0.4, -0.2) is 35.4 Å². The zero-order valence-corrected chi connectivity index (χ0v) is 21.7. The summed E-state index contributed by atoms with van der Waals surface area (Å²) in [6.07, 6.45) is 5.02. The first-order chi connectivity index (χ1) is 18.0. The van der Waals surface area contributed by atoms with Crippen LogP contribution >= 0.6 is 0 Å². The van der Waals surface area contributed by atoms with E-state index < -0.39 is 6.10 Å². The fourth-order valence-corrected chi connectivity index (χ4v) is 4.17. The Morgan fingerprint density at radius 2 is 1.57 bits per heavy atom. The molecule has 3 rings (SSSR count). The highest BCUT2D eigenvalue weighted by atomic mass is 16.5. The van der Waals surface area contributed by atoms with Crippen LogP contribution in [0.1, 0.15) is 61.0 Å². The Morgan fingerprint density at radius 1 is 0.865 bits per heavy atom. The van der Waals surface area contributed by atoms with Crippen LogP contribution in [0.25, 0.3) is 0 Å². The fourth-order valence-electron chi connectivity index (χ4n) is 4.17. The minimum Gasteiger partial charge on any atom is -0.508 e. The summed E-state index contributed by atoms with van der Waals surface area (Å²) in [4.78, 5) is 11.8. The Hall–Kier alpha value is -3.35. The monoisotopic (exact) mass is 504 g/mol. The van der Waals surface area contributed by atoms with Gasteiger partial charge in [0, 0.05) is 19.1 Å². The highest BCUT2D eigenvalue weighted by molar-refractivity contribution is 5.67. The third kappa shape index (κ3) is 11.1. The lowest BCUT2D eigenvalue weighted by Gasteiger charge is -2.17. The SMILES string of the molecule is CC(CCCc1ccc(CCCCNC(=O)OCc2ccccc2)cc1)NCC(O)c1cccc(O)c1. The topological polar surface area (TPSA) is 90.8 Å². The van der Waals surface area contributed by atoms with Crippen molar-refractivity contribution >= 4 is 6.09 Å². The van der Waals surface area contributed by atoms with Gasteiger partial charge in [0.25, 0.3) is 0 Å². The summed E-state index contributed by atoms with van der Waals surface area (Å²) in [7, 11) is 0. The number of phenolic OH excluding ortho intramolecular Hbond substituents is 1. The van der Waals surface area contributed by atoms with Crippen molar-refractivity contribution in [2.75, 3.05) is 13.1 Å². The van der Waals surface area contributed by atoms with Gasteiger partial charge in [0.05, 0.1) is 6.10 Å². The first kappa shape index (κ1) is 28.2. The van der Waals surface area contributed by atoms with Crippen molar-refractivity contribution in [3.8, 4) is 5.75 Å². The van der Waals surface area contributed by atoms with E-state index in [-0.39, 0.29) is 18.4 Å². The van der Waals surface area contributed by atoms with E-state index in [1.165, 1.54) is 11.1 Å². The number of aliphatic hydroxyl groups excluding tert-OH is 1. The Labute approximate surface area is 220 Å². The van der Waals surface area contributed by atoms with Crippen LogP contribution in [0.3, 0.4) is 0 Å². The van der Waals surface area contributed by atoms with Gasteiger partial charge in [-0.15, -0.1) is 0 Å². The molecular formula is C31H40N2O4. The molecule has 198 valence electrons. The van der Waals surface area contributed by atoms with E-state index in [1.54, 1.807) is 18.2 Å². The molecule has 0 aliphatic heterocycles. The molecule has 1 amide bonds. The van der Waals surface area contributed by atoms with Gasteiger partial charge in [-0.25, -0.2) is 4.79 Å². The number of phenols is 1. The number of hydrogen-bond donors (Lipinski definition) is 4. The number of aryl methyl sites for hydroxylation is 2. The molecule has 0 radical (unpaired) electrons. The Bertz CT molecular complexity index is 1060. The van der Waals surface area contributed by atoms with Gasteiger partial charge in [-0.05, 0) is 79.8 Å². The summed E-state index contributed by atoms with van der Waals surface area (Å²) in [5.74, 6) is 0.171. The minimum absolute atomic E-state index is 0.171. The fraction of sp³-hybridized carbons (Fsp3) is 0.387. The molecule has 0 fully saturated rings. The number of aromatic hydroxyl groups is 1. The third-order valence-corrected chi connectivity index (χ3v) is 6.41. The van der Waals surface area contributed by atoms with Crippen LogP contribution in [0.15, 0.2) is 78.9 Å². The van der Waals surface area contributed by atoms with Crippen molar-refractivity contribution in [1.29, 1.82) is 0 Å². The standard InChI is InChI=1S/C31H40N2O4/c1-24(33-22-30(35)28-14-8-15-29(34)21-28)9-7-13-26-18-16-25(17-19-26)10-5-6-20-32-31(36)37-23-27-11-3-2-4-12-27/h2-4,8,11-12,14-19,21,24,30,33-35H,5-7,9-10,13,20,22-23H2,1H3,(H,32,36). The average Bonchev–Trinajstić information content (AvgIpc) is 2.92. The molecular weight excluding hydrogens is 464 g/mol. The second-order valence-corrected chi connectivity index (χ2v) is 9.57. The maximum atomic E-state index is 11.8. The predicted molar refractivity (Wildman–Crippen MR) is 147 cm³/mol. The smallest absolute Gasteiger partial charge is 0.407 e. The number of amides is 1. The molecule has 6 heteroatoms. The number of nitrogens with one attached hydrogen (secondary N) is 2. The molecule has 3 aromatic carbocycles. The number of carbonyl (C=O) groups excluding carboxylic acids is 1. The summed E-state index contributed by atoms with van der Waals surface area (Å²) >= 11 is 0. The number of carbonyl (C=O) groups is 1. The predicted octanol–water partition coefficient (Wildman–Crippen LogP) is 5.68. The van der Waals surface area contributed by atoms with Gasteiger partial charge < -0.3 is 25.6 Å². The molecule has 4 N–H and O–H groups in total. The molecule has 2 atom stereocenters. The summed E-state index contributed by atoms with van der Waals surface area (Å²) in [6.45, 7) is 3.50. The summed E-state index contributed by atoms with van der Waals surface area (Å²) in [5, 5.41) is 26.1. The highest BCUT2D eigenvalue weighted by Crippen LogP contribution is 2.18. The molecule has 0 bridgehead atoms. The summed E-state index contributed by atoms with van der Waals surface area (Å²) in [5.41, 5.74) is 4.34. The van der Waals surface area contributed by atoms with Gasteiger partial charge in [0.2, 0.25) is 0 Å². The average molecular weight is 505 g/mol. The van der Waals surface area contributed by atoms with Gasteiger partial charge in [-0.2, -0.15) is 0 Å². The van der Waals surface area contributed by atoms with Gasteiger partial charge in [0.15, 0.2) is 0 Å². The molecule has 6 nitrogen and oxygen atoms in total. The van der Waals surface area contributed by atoms with Crippen molar-refractivity contribution in [2.24, 2.45) is 0 Å². The first-order valence-corrected chi connectivity index (χ1v) is 13.2. The van der Waals surface area contributed by atoms with Crippen molar-refractivity contribution in [3.63, 3.8) is 0 Å². The second-order valence-electron chi connectivity index (χ2n) is 9.57. The van der Waals surface area contributed by atoms with E-state index >= 15 is 0 Å². The van der Waals surface area contributed by atoms with E-state index in [0.29, 0.717) is 19.1 Å². The maximum Gasteiger partial charge on any atom is 0.407 e. The lowest BCUT2D eigenvalue weighted by Crippen LogP contribution is -2.30. The van der Waals surface area contributed by atoms with E-state index in [2.05, 4.69) is 41.8 Å². The molecule has 0 saturated carbocycles. The first-order valence-electron chi connectivity index (χ1n) is 13.2. The highest BCUT2D eigenvalue weighted by Gasteiger charge is 2.10. The molecule has 0 aliphatic rings. The number of aliphatic hydroxyl groups is 1. The van der Waals surface area contributed by atoms with Crippen LogP contribution in [0.5, 0.6) is 5.75 Å². The van der Waals surface area contributed by atoms with Gasteiger partial charge in [-0.1, -0.05) is 66.7 Å². The lowest BCUT2D eigenvalue weighted by molar-refractivity contribution is 0.139. The second kappa shape index (κ2) is 15.7. The molecule has 3 aromatic rings. The van der Waals surface area contributed by atoms with E-state index in [1.807, 2.05) is 36.4 Å². The van der Waals surface area contributed by atoms with Gasteiger partial charge in [-0.3, -0.25) is 0 Å². The van der Waals surface area contributed by atoms with Crippen LogP contribution in [0, 0.1) is 0 Å².